The summed E-state index contributed by atoms with van der Waals surface area (Å²) in [6.45, 7) is 6.67. The molecule has 0 bridgehead atoms. The van der Waals surface area contributed by atoms with Gasteiger partial charge in [-0.25, -0.2) is 0 Å². The highest BCUT2D eigenvalue weighted by atomic mass is 31.2. The van der Waals surface area contributed by atoms with Crippen LogP contribution in [0.25, 0.3) is 0 Å². The molecule has 4 nitrogen and oxygen atoms in total. The second-order valence-corrected chi connectivity index (χ2v) is 9.85. The third-order valence-corrected chi connectivity index (χ3v) is 7.26. The molecule has 0 spiro atoms. The SMILES string of the molecule is CCCCO[P@](=O)(c1ccc(N(C)C)cc1)[C@@H](O)c1ccc(C(C)C)cc1. The van der Waals surface area contributed by atoms with Crippen molar-refractivity contribution in [2.75, 3.05) is 25.6 Å². The summed E-state index contributed by atoms with van der Waals surface area (Å²) in [7, 11) is 0.445. The molecule has 0 saturated carbocycles. The van der Waals surface area contributed by atoms with E-state index in [0.29, 0.717) is 23.4 Å². The molecule has 1 N–H and O–H groups in total. The van der Waals surface area contributed by atoms with Gasteiger partial charge in [0.15, 0.2) is 5.85 Å². The van der Waals surface area contributed by atoms with E-state index in [0.717, 1.165) is 18.5 Å². The number of unbranched alkanes of at least 4 members (excludes halogenated alkanes) is 1. The van der Waals surface area contributed by atoms with E-state index in [-0.39, 0.29) is 0 Å². The van der Waals surface area contributed by atoms with E-state index in [4.69, 9.17) is 4.52 Å². The Hall–Kier alpha value is -1.61. The fourth-order valence-electron chi connectivity index (χ4n) is 2.84. The van der Waals surface area contributed by atoms with Gasteiger partial charge in [-0.2, -0.15) is 0 Å². The van der Waals surface area contributed by atoms with E-state index in [2.05, 4.69) is 20.8 Å². The van der Waals surface area contributed by atoms with Crippen LogP contribution in [0.4, 0.5) is 5.69 Å². The zero-order valence-corrected chi connectivity index (χ0v) is 17.9. The molecule has 0 unspecified atom stereocenters. The van der Waals surface area contributed by atoms with E-state index in [1.165, 1.54) is 5.56 Å². The number of aliphatic hydroxyl groups excluding tert-OH is 1. The summed E-state index contributed by atoms with van der Waals surface area (Å²) in [6, 6.07) is 15.1. The fourth-order valence-corrected chi connectivity index (χ4v) is 4.94. The van der Waals surface area contributed by atoms with Crippen LogP contribution in [0.2, 0.25) is 0 Å². The smallest absolute Gasteiger partial charge is 0.264 e. The first-order valence-electron chi connectivity index (χ1n) is 9.59. The summed E-state index contributed by atoms with van der Waals surface area (Å²) in [5, 5.41) is 11.5. The second kappa shape index (κ2) is 9.54. The van der Waals surface area contributed by atoms with Crippen molar-refractivity contribution in [2.45, 2.75) is 45.4 Å². The van der Waals surface area contributed by atoms with Gasteiger partial charge in [-0.3, -0.25) is 4.57 Å². The summed E-state index contributed by atoms with van der Waals surface area (Å²) in [5.74, 6) is -0.775. The Bertz CT molecular complexity index is 754. The highest BCUT2D eigenvalue weighted by Gasteiger charge is 2.36. The van der Waals surface area contributed by atoms with Gasteiger partial charge in [0, 0.05) is 25.1 Å². The largest absolute Gasteiger partial charge is 0.378 e. The first-order valence-corrected chi connectivity index (χ1v) is 11.3. The van der Waals surface area contributed by atoms with Crippen LogP contribution in [0.15, 0.2) is 48.5 Å². The topological polar surface area (TPSA) is 49.8 Å². The van der Waals surface area contributed by atoms with Crippen molar-refractivity contribution >= 4 is 18.4 Å². The number of rotatable bonds is 9. The summed E-state index contributed by atoms with van der Waals surface area (Å²) in [5.41, 5.74) is 2.81. The van der Waals surface area contributed by atoms with Crippen LogP contribution in [-0.2, 0) is 9.09 Å². The van der Waals surface area contributed by atoms with Gasteiger partial charge >= 0.3 is 0 Å². The summed E-state index contributed by atoms with van der Waals surface area (Å²) in [4.78, 5) is 1.98. The molecule has 2 rings (SSSR count). The number of aliphatic hydroxyl groups is 1. The average molecular weight is 389 g/mol. The van der Waals surface area contributed by atoms with Gasteiger partial charge in [0.25, 0.3) is 7.37 Å². The van der Waals surface area contributed by atoms with Crippen molar-refractivity contribution in [1.82, 2.24) is 0 Å². The number of anilines is 1. The lowest BCUT2D eigenvalue weighted by Gasteiger charge is -2.25. The lowest BCUT2D eigenvalue weighted by molar-refractivity contribution is 0.213. The summed E-state index contributed by atoms with van der Waals surface area (Å²) < 4.78 is 19.6. The summed E-state index contributed by atoms with van der Waals surface area (Å²) in [6.07, 6.45) is 1.75. The van der Waals surface area contributed by atoms with Gasteiger partial charge in [0.1, 0.15) is 0 Å². The molecule has 0 amide bonds. The molecule has 148 valence electrons. The highest BCUT2D eigenvalue weighted by molar-refractivity contribution is 7.67. The van der Waals surface area contributed by atoms with Crippen LogP contribution in [-0.4, -0.2) is 25.8 Å². The Labute approximate surface area is 163 Å². The van der Waals surface area contributed by atoms with Crippen molar-refractivity contribution in [1.29, 1.82) is 0 Å². The van der Waals surface area contributed by atoms with Gasteiger partial charge in [-0.05, 0) is 47.7 Å². The number of benzene rings is 2. The Kier molecular flexibility index (Phi) is 7.67. The van der Waals surface area contributed by atoms with Gasteiger partial charge < -0.3 is 14.5 Å². The minimum Gasteiger partial charge on any atom is -0.378 e. The average Bonchev–Trinajstić information content (AvgIpc) is 2.67. The van der Waals surface area contributed by atoms with Crippen LogP contribution in [0.1, 0.15) is 56.5 Å². The summed E-state index contributed by atoms with van der Waals surface area (Å²) >= 11 is 0. The van der Waals surface area contributed by atoms with Gasteiger partial charge in [-0.15, -0.1) is 0 Å². The van der Waals surface area contributed by atoms with Crippen molar-refractivity contribution in [3.8, 4) is 0 Å². The second-order valence-electron chi connectivity index (χ2n) is 7.39. The minimum atomic E-state index is -3.47. The minimum absolute atomic E-state index is 0.365. The molecular weight excluding hydrogens is 357 g/mol. The van der Waals surface area contributed by atoms with Gasteiger partial charge in [0.05, 0.1) is 6.61 Å². The van der Waals surface area contributed by atoms with Crippen LogP contribution in [0.5, 0.6) is 0 Å². The third kappa shape index (κ3) is 5.22. The molecule has 0 radical (unpaired) electrons. The molecule has 0 aliphatic heterocycles. The van der Waals surface area contributed by atoms with Crippen LogP contribution < -0.4 is 10.2 Å². The lowest BCUT2D eigenvalue weighted by atomic mass is 10.0. The lowest BCUT2D eigenvalue weighted by Crippen LogP contribution is -2.16. The monoisotopic (exact) mass is 389 g/mol. The number of hydrogen-bond donors (Lipinski definition) is 1. The first kappa shape index (κ1) is 21.7. The van der Waals surface area contributed by atoms with Gasteiger partial charge in [-0.1, -0.05) is 51.5 Å². The zero-order valence-electron chi connectivity index (χ0n) is 17.1. The van der Waals surface area contributed by atoms with Crippen LogP contribution >= 0.6 is 7.37 Å². The maximum Gasteiger partial charge on any atom is 0.264 e. The zero-order chi connectivity index (χ0) is 20.0. The molecule has 0 aliphatic rings. The Balaban J connectivity index is 2.37. The molecule has 0 aliphatic carbocycles. The third-order valence-electron chi connectivity index (χ3n) is 4.73. The van der Waals surface area contributed by atoms with Crippen molar-refractivity contribution < 1.29 is 14.2 Å². The first-order chi connectivity index (χ1) is 12.8. The maximum absolute atomic E-state index is 13.8. The predicted octanol–water partition coefficient (Wildman–Crippen LogP) is 5.29. The highest BCUT2D eigenvalue weighted by Crippen LogP contribution is 2.57. The standard InChI is InChI=1S/C22H32NO3P/c1-6-7-16-26-27(25,21-14-12-20(13-15-21)23(4)5)22(24)19-10-8-18(9-11-19)17(2)3/h8-15,17,22,24H,6-7,16H2,1-5H3/t22-,27-/m1/s1. The quantitative estimate of drug-likeness (QED) is 0.468. The Morgan fingerprint density at radius 3 is 2.04 bits per heavy atom. The van der Waals surface area contributed by atoms with E-state index in [9.17, 15) is 9.67 Å². The van der Waals surface area contributed by atoms with Crippen molar-refractivity contribution in [3.05, 3.63) is 59.7 Å². The molecule has 2 aromatic carbocycles. The molecule has 2 atom stereocenters. The molecule has 5 heteroatoms. The number of nitrogens with zero attached hydrogens (tertiary/aromatic N) is 1. The Morgan fingerprint density at radius 1 is 1.00 bits per heavy atom. The predicted molar refractivity (Wildman–Crippen MR) is 114 cm³/mol. The van der Waals surface area contributed by atoms with Crippen molar-refractivity contribution in [2.24, 2.45) is 0 Å². The van der Waals surface area contributed by atoms with Crippen LogP contribution in [0.3, 0.4) is 0 Å². The molecule has 27 heavy (non-hydrogen) atoms. The molecule has 0 heterocycles. The van der Waals surface area contributed by atoms with Gasteiger partial charge in [0.2, 0.25) is 0 Å². The molecule has 2 aromatic rings. The molecule has 0 aromatic heterocycles. The maximum atomic E-state index is 13.8. The number of hydrogen-bond acceptors (Lipinski definition) is 4. The molecule has 0 fully saturated rings. The fraction of sp³-hybridized carbons (Fsp3) is 0.455. The van der Waals surface area contributed by atoms with E-state index < -0.39 is 13.2 Å². The van der Waals surface area contributed by atoms with E-state index >= 15 is 0 Å². The Morgan fingerprint density at radius 2 is 1.56 bits per heavy atom. The van der Waals surface area contributed by atoms with Crippen molar-refractivity contribution in [3.63, 3.8) is 0 Å². The molecule has 0 saturated heterocycles. The molecular formula is C22H32NO3P. The van der Waals surface area contributed by atoms with E-state index in [1.54, 1.807) is 12.1 Å². The van der Waals surface area contributed by atoms with Crippen LogP contribution in [0, 0.1) is 0 Å². The van der Waals surface area contributed by atoms with E-state index in [1.807, 2.05) is 55.4 Å². The normalized spacial score (nSPS) is 14.8.